The van der Waals surface area contributed by atoms with Gasteiger partial charge in [-0.1, -0.05) is 11.6 Å². The molecular formula is C21H14ClFN2O3. The number of amides is 1. The Morgan fingerprint density at radius 1 is 1.11 bits per heavy atom. The van der Waals surface area contributed by atoms with Gasteiger partial charge >= 0.3 is 0 Å². The third-order valence-corrected chi connectivity index (χ3v) is 4.45. The standard InChI is InChI=1S/C21H14ClFN2O3/c1-27-18-8-4-13(10-16(18)22)21-25-17-11-15(7-9-19(17)28-21)24-20(26)12-2-5-14(23)6-3-12/h2-11H,1H3,(H,24,26). The number of carbonyl (C=O) groups is 1. The Morgan fingerprint density at radius 2 is 1.89 bits per heavy atom. The lowest BCUT2D eigenvalue weighted by atomic mass is 10.2. The summed E-state index contributed by atoms with van der Waals surface area (Å²) in [7, 11) is 1.54. The lowest BCUT2D eigenvalue weighted by Crippen LogP contribution is -2.11. The highest BCUT2D eigenvalue weighted by Gasteiger charge is 2.12. The Hall–Kier alpha value is -3.38. The van der Waals surface area contributed by atoms with Crippen LogP contribution in [0.4, 0.5) is 10.1 Å². The van der Waals surface area contributed by atoms with Crippen molar-refractivity contribution in [3.63, 3.8) is 0 Å². The van der Waals surface area contributed by atoms with E-state index in [4.69, 9.17) is 20.8 Å². The molecule has 0 fully saturated rings. The topological polar surface area (TPSA) is 64.4 Å². The van der Waals surface area contributed by atoms with Crippen LogP contribution in [-0.4, -0.2) is 18.0 Å². The molecule has 0 aliphatic carbocycles. The van der Waals surface area contributed by atoms with Gasteiger partial charge in [-0.05, 0) is 60.7 Å². The second kappa shape index (κ2) is 7.32. The van der Waals surface area contributed by atoms with Crippen molar-refractivity contribution >= 4 is 34.3 Å². The van der Waals surface area contributed by atoms with Crippen molar-refractivity contribution < 1.29 is 18.3 Å². The number of nitrogens with zero attached hydrogens (tertiary/aromatic N) is 1. The SMILES string of the molecule is COc1ccc(-c2nc3cc(NC(=O)c4ccc(F)cc4)ccc3o2)cc1Cl. The van der Waals surface area contributed by atoms with E-state index in [0.29, 0.717) is 44.6 Å². The highest BCUT2D eigenvalue weighted by Crippen LogP contribution is 2.32. The Balaban J connectivity index is 1.60. The molecule has 4 aromatic rings. The molecule has 0 aliphatic rings. The second-order valence-electron chi connectivity index (χ2n) is 6.01. The minimum atomic E-state index is -0.397. The van der Waals surface area contributed by atoms with Crippen LogP contribution in [0.5, 0.6) is 5.75 Å². The zero-order valence-corrected chi connectivity index (χ0v) is 15.5. The van der Waals surface area contributed by atoms with Crippen LogP contribution in [-0.2, 0) is 0 Å². The summed E-state index contributed by atoms with van der Waals surface area (Å²) < 4.78 is 23.9. The predicted octanol–water partition coefficient (Wildman–Crippen LogP) is 5.55. The number of nitrogens with one attached hydrogen (secondary N) is 1. The molecule has 0 radical (unpaired) electrons. The van der Waals surface area contributed by atoms with Gasteiger partial charge in [-0.3, -0.25) is 4.79 Å². The lowest BCUT2D eigenvalue weighted by molar-refractivity contribution is 0.102. The van der Waals surface area contributed by atoms with Gasteiger partial charge in [-0.15, -0.1) is 0 Å². The van der Waals surface area contributed by atoms with Crippen LogP contribution in [0.2, 0.25) is 5.02 Å². The summed E-state index contributed by atoms with van der Waals surface area (Å²) in [5, 5.41) is 3.22. The summed E-state index contributed by atoms with van der Waals surface area (Å²) in [4.78, 5) is 16.7. The highest BCUT2D eigenvalue weighted by molar-refractivity contribution is 6.32. The number of benzene rings is 3. The van der Waals surface area contributed by atoms with Crippen LogP contribution in [0.15, 0.2) is 65.1 Å². The van der Waals surface area contributed by atoms with E-state index < -0.39 is 5.82 Å². The first-order valence-electron chi connectivity index (χ1n) is 8.35. The fourth-order valence-corrected chi connectivity index (χ4v) is 2.99. The van der Waals surface area contributed by atoms with Crippen molar-refractivity contribution in [1.29, 1.82) is 0 Å². The Labute approximate surface area is 164 Å². The lowest BCUT2D eigenvalue weighted by Gasteiger charge is -2.04. The molecule has 0 atom stereocenters. The van der Waals surface area contributed by atoms with E-state index in [0.717, 1.165) is 0 Å². The molecule has 0 saturated heterocycles. The molecule has 3 aromatic carbocycles. The fourth-order valence-electron chi connectivity index (χ4n) is 2.73. The van der Waals surface area contributed by atoms with E-state index in [1.165, 1.54) is 24.3 Å². The van der Waals surface area contributed by atoms with E-state index in [9.17, 15) is 9.18 Å². The minimum absolute atomic E-state index is 0.343. The van der Waals surface area contributed by atoms with E-state index in [1.807, 2.05) is 0 Å². The van der Waals surface area contributed by atoms with Gasteiger partial charge in [-0.25, -0.2) is 9.37 Å². The first kappa shape index (κ1) is 18.0. The van der Waals surface area contributed by atoms with E-state index in [1.54, 1.807) is 43.5 Å². The third-order valence-electron chi connectivity index (χ3n) is 4.15. The molecule has 5 nitrogen and oxygen atoms in total. The van der Waals surface area contributed by atoms with Gasteiger partial charge in [0, 0.05) is 16.8 Å². The second-order valence-corrected chi connectivity index (χ2v) is 6.42. The third kappa shape index (κ3) is 3.54. The average molecular weight is 397 g/mol. The van der Waals surface area contributed by atoms with E-state index in [2.05, 4.69) is 10.3 Å². The average Bonchev–Trinajstić information content (AvgIpc) is 3.12. The number of methoxy groups -OCH3 is 1. The summed E-state index contributed by atoms with van der Waals surface area (Å²) in [6.07, 6.45) is 0. The fraction of sp³-hybridized carbons (Fsp3) is 0.0476. The van der Waals surface area contributed by atoms with E-state index >= 15 is 0 Å². The largest absolute Gasteiger partial charge is 0.495 e. The van der Waals surface area contributed by atoms with Gasteiger partial charge in [0.1, 0.15) is 17.1 Å². The number of fused-ring (bicyclic) bond motifs is 1. The number of anilines is 1. The van der Waals surface area contributed by atoms with Gasteiger partial charge in [0.05, 0.1) is 12.1 Å². The maximum absolute atomic E-state index is 13.0. The van der Waals surface area contributed by atoms with Gasteiger partial charge < -0.3 is 14.5 Å². The Bertz CT molecular complexity index is 1170. The summed E-state index contributed by atoms with van der Waals surface area (Å²) in [6, 6.07) is 15.7. The molecule has 4 rings (SSSR count). The normalized spacial score (nSPS) is 10.8. The molecule has 0 unspecified atom stereocenters. The summed E-state index contributed by atoms with van der Waals surface area (Å²) in [5.41, 5.74) is 2.77. The van der Waals surface area contributed by atoms with Gasteiger partial charge in [0.15, 0.2) is 5.58 Å². The molecule has 1 amide bonds. The van der Waals surface area contributed by atoms with Crippen molar-refractivity contribution in [2.45, 2.75) is 0 Å². The maximum atomic E-state index is 13.0. The molecule has 28 heavy (non-hydrogen) atoms. The molecule has 1 heterocycles. The van der Waals surface area contributed by atoms with Gasteiger partial charge in [-0.2, -0.15) is 0 Å². The highest BCUT2D eigenvalue weighted by atomic mass is 35.5. The molecule has 140 valence electrons. The number of ether oxygens (including phenoxy) is 1. The molecular weight excluding hydrogens is 383 g/mol. The Morgan fingerprint density at radius 3 is 2.61 bits per heavy atom. The van der Waals surface area contributed by atoms with Crippen molar-refractivity contribution in [3.05, 3.63) is 77.1 Å². The molecule has 1 N–H and O–H groups in total. The van der Waals surface area contributed by atoms with Gasteiger partial charge in [0.25, 0.3) is 5.91 Å². The van der Waals surface area contributed by atoms with Crippen LogP contribution in [0, 0.1) is 5.82 Å². The molecule has 0 saturated carbocycles. The van der Waals surface area contributed by atoms with Crippen molar-refractivity contribution in [2.24, 2.45) is 0 Å². The number of oxazole rings is 1. The quantitative estimate of drug-likeness (QED) is 0.491. The summed E-state index contributed by atoms with van der Waals surface area (Å²) >= 11 is 6.16. The zero-order valence-electron chi connectivity index (χ0n) is 14.7. The number of rotatable bonds is 4. The van der Waals surface area contributed by atoms with Crippen LogP contribution >= 0.6 is 11.6 Å². The summed E-state index contributed by atoms with van der Waals surface area (Å²) in [6.45, 7) is 0. The van der Waals surface area contributed by atoms with Crippen LogP contribution < -0.4 is 10.1 Å². The molecule has 0 aliphatic heterocycles. The summed E-state index contributed by atoms with van der Waals surface area (Å²) in [5.74, 6) is 0.227. The number of carbonyl (C=O) groups excluding carboxylic acids is 1. The van der Waals surface area contributed by atoms with Crippen molar-refractivity contribution in [3.8, 4) is 17.2 Å². The van der Waals surface area contributed by atoms with Crippen LogP contribution in [0.1, 0.15) is 10.4 Å². The first-order valence-corrected chi connectivity index (χ1v) is 8.73. The molecule has 7 heteroatoms. The molecule has 1 aromatic heterocycles. The zero-order chi connectivity index (χ0) is 19.7. The number of hydrogen-bond acceptors (Lipinski definition) is 4. The number of halogens is 2. The van der Waals surface area contributed by atoms with Crippen molar-refractivity contribution in [1.82, 2.24) is 4.98 Å². The van der Waals surface area contributed by atoms with Crippen LogP contribution in [0.25, 0.3) is 22.6 Å². The molecule has 0 spiro atoms. The maximum Gasteiger partial charge on any atom is 0.255 e. The smallest absolute Gasteiger partial charge is 0.255 e. The first-order chi connectivity index (χ1) is 13.5. The minimum Gasteiger partial charge on any atom is -0.495 e. The van der Waals surface area contributed by atoms with Crippen LogP contribution in [0.3, 0.4) is 0 Å². The van der Waals surface area contributed by atoms with E-state index in [-0.39, 0.29) is 5.91 Å². The number of aromatic nitrogens is 1. The number of hydrogen-bond donors (Lipinski definition) is 1. The monoisotopic (exact) mass is 396 g/mol. The van der Waals surface area contributed by atoms with Gasteiger partial charge in [0.2, 0.25) is 5.89 Å². The Kier molecular flexibility index (Phi) is 4.71. The van der Waals surface area contributed by atoms with Crippen molar-refractivity contribution in [2.75, 3.05) is 12.4 Å². The predicted molar refractivity (Wildman–Crippen MR) is 105 cm³/mol. The molecule has 0 bridgehead atoms.